The molecule has 1 amide bonds. The summed E-state index contributed by atoms with van der Waals surface area (Å²) in [6.45, 7) is 5.65. The van der Waals surface area contributed by atoms with Crippen molar-refractivity contribution in [3.8, 4) is 28.1 Å². The van der Waals surface area contributed by atoms with Gasteiger partial charge in [-0.3, -0.25) is 9.48 Å². The maximum Gasteiger partial charge on any atom is 0.410 e. The van der Waals surface area contributed by atoms with Crippen LogP contribution in [0.2, 0.25) is 0 Å². The molecule has 10 nitrogen and oxygen atoms in total. The van der Waals surface area contributed by atoms with Crippen molar-refractivity contribution in [1.29, 1.82) is 0 Å². The zero-order valence-corrected chi connectivity index (χ0v) is 22.5. The minimum absolute atomic E-state index is 0.0485. The number of amides is 1. The SMILES string of the molecule is Cn1cc(-c2ccc(-c3cc4c(=O)ccn(C5CC6CCC(C5)N6C(=O)OC(C)(C)C)c4nn3)c(O)c2)cn1. The number of hydrogen-bond donors (Lipinski definition) is 1. The third kappa shape index (κ3) is 4.64. The topological polar surface area (TPSA) is 115 Å². The van der Waals surface area contributed by atoms with Crippen LogP contribution in [0.15, 0.2) is 53.7 Å². The molecule has 6 rings (SSSR count). The number of benzene rings is 1. The first-order valence-electron chi connectivity index (χ1n) is 13.3. The number of pyridine rings is 1. The van der Waals surface area contributed by atoms with Crippen molar-refractivity contribution in [3.63, 3.8) is 0 Å². The van der Waals surface area contributed by atoms with E-state index in [4.69, 9.17) is 4.74 Å². The molecular weight excluding hydrogens is 496 g/mol. The Morgan fingerprint density at radius 2 is 1.77 bits per heavy atom. The number of aromatic hydroxyl groups is 1. The molecule has 39 heavy (non-hydrogen) atoms. The summed E-state index contributed by atoms with van der Waals surface area (Å²) in [5.41, 5.74) is 2.45. The molecule has 2 aliphatic rings. The zero-order valence-electron chi connectivity index (χ0n) is 22.5. The van der Waals surface area contributed by atoms with E-state index < -0.39 is 5.60 Å². The van der Waals surface area contributed by atoms with Crippen LogP contribution < -0.4 is 5.43 Å². The van der Waals surface area contributed by atoms with Gasteiger partial charge in [0.25, 0.3) is 0 Å². The Hall–Kier alpha value is -4.21. The van der Waals surface area contributed by atoms with E-state index in [9.17, 15) is 14.7 Å². The van der Waals surface area contributed by atoms with Gasteiger partial charge in [-0.1, -0.05) is 6.07 Å². The van der Waals surface area contributed by atoms with E-state index in [-0.39, 0.29) is 35.4 Å². The van der Waals surface area contributed by atoms with Gasteiger partial charge in [-0.15, -0.1) is 10.2 Å². The Labute approximate surface area is 225 Å². The lowest BCUT2D eigenvalue weighted by molar-refractivity contribution is 0.00311. The molecule has 0 radical (unpaired) electrons. The normalized spacial score (nSPS) is 20.9. The Bertz CT molecular complexity index is 1620. The van der Waals surface area contributed by atoms with Crippen LogP contribution in [0.3, 0.4) is 0 Å². The summed E-state index contributed by atoms with van der Waals surface area (Å²) in [7, 11) is 1.84. The molecule has 2 bridgehead atoms. The molecule has 0 aliphatic carbocycles. The van der Waals surface area contributed by atoms with E-state index in [0.717, 1.165) is 36.8 Å². The number of aryl methyl sites for hydroxylation is 1. The van der Waals surface area contributed by atoms with Crippen molar-refractivity contribution < 1.29 is 14.6 Å². The number of fused-ring (bicyclic) bond motifs is 3. The first kappa shape index (κ1) is 25.1. The second kappa shape index (κ2) is 9.21. The summed E-state index contributed by atoms with van der Waals surface area (Å²) in [5, 5.41) is 24.3. The molecular formula is C29H32N6O4. The number of nitrogens with zero attached hydrogens (tertiary/aromatic N) is 6. The fourth-order valence-corrected chi connectivity index (χ4v) is 5.98. The van der Waals surface area contributed by atoms with Crippen LogP contribution in [-0.2, 0) is 11.8 Å². The van der Waals surface area contributed by atoms with Gasteiger partial charge in [0.1, 0.15) is 11.4 Å². The Kier molecular flexibility index (Phi) is 5.93. The van der Waals surface area contributed by atoms with E-state index in [1.165, 1.54) is 0 Å². The van der Waals surface area contributed by atoms with Crippen molar-refractivity contribution >= 4 is 17.1 Å². The van der Waals surface area contributed by atoms with Crippen LogP contribution in [-0.4, -0.2) is 58.3 Å². The third-order valence-corrected chi connectivity index (χ3v) is 7.69. The molecule has 4 aromatic rings. The van der Waals surface area contributed by atoms with E-state index in [2.05, 4.69) is 15.3 Å². The van der Waals surface area contributed by atoms with Gasteiger partial charge in [0.2, 0.25) is 0 Å². The molecule has 2 unspecified atom stereocenters. The molecule has 0 saturated carbocycles. The lowest BCUT2D eigenvalue weighted by atomic mass is 9.97. The summed E-state index contributed by atoms with van der Waals surface area (Å²) in [6.07, 6.45) is 8.52. The summed E-state index contributed by atoms with van der Waals surface area (Å²) in [5.74, 6) is 0.0485. The maximum absolute atomic E-state index is 12.9. The van der Waals surface area contributed by atoms with Crippen LogP contribution in [0.5, 0.6) is 5.75 Å². The number of aromatic nitrogens is 5. The first-order chi connectivity index (χ1) is 18.6. The van der Waals surface area contributed by atoms with Crippen LogP contribution in [0.25, 0.3) is 33.4 Å². The smallest absolute Gasteiger partial charge is 0.410 e. The summed E-state index contributed by atoms with van der Waals surface area (Å²) >= 11 is 0. The molecule has 2 fully saturated rings. The highest BCUT2D eigenvalue weighted by molar-refractivity contribution is 5.82. The number of carbonyl (C=O) groups is 1. The Morgan fingerprint density at radius 3 is 2.41 bits per heavy atom. The molecule has 2 saturated heterocycles. The van der Waals surface area contributed by atoms with Gasteiger partial charge in [-0.25, -0.2) is 4.79 Å². The molecule has 3 aromatic heterocycles. The molecule has 0 spiro atoms. The number of ether oxygens (including phenoxy) is 1. The number of piperidine rings is 1. The standard InChI is InChI=1S/C29H32N6O4/c1-29(2,3)39-28(38)35-19-6-7-20(35)13-21(12-19)34-10-9-25(36)23-14-24(31-32-27(23)34)22-8-5-17(11-26(22)37)18-15-30-33(4)16-18/h5,8-11,14-16,19-21,37H,6-7,12-13H2,1-4H3. The van der Waals surface area contributed by atoms with Gasteiger partial charge in [0, 0.05) is 54.8 Å². The fraction of sp³-hybridized carbons (Fsp3) is 0.414. The van der Waals surface area contributed by atoms with E-state index in [1.54, 1.807) is 41.3 Å². The number of carbonyl (C=O) groups excluding carboxylic acids is 1. The second-order valence-corrected chi connectivity index (χ2v) is 11.6. The highest BCUT2D eigenvalue weighted by Gasteiger charge is 2.45. The van der Waals surface area contributed by atoms with Crippen molar-refractivity contribution in [3.05, 3.63) is 59.1 Å². The van der Waals surface area contributed by atoms with Gasteiger partial charge in [0.15, 0.2) is 11.1 Å². The van der Waals surface area contributed by atoms with E-state index in [1.807, 2.05) is 49.5 Å². The fourth-order valence-electron chi connectivity index (χ4n) is 5.98. The minimum Gasteiger partial charge on any atom is -0.507 e. The molecule has 10 heteroatoms. The second-order valence-electron chi connectivity index (χ2n) is 11.6. The highest BCUT2D eigenvalue weighted by Crippen LogP contribution is 2.42. The van der Waals surface area contributed by atoms with E-state index >= 15 is 0 Å². The highest BCUT2D eigenvalue weighted by atomic mass is 16.6. The monoisotopic (exact) mass is 528 g/mol. The molecule has 5 heterocycles. The largest absolute Gasteiger partial charge is 0.507 e. The molecule has 1 aromatic carbocycles. The predicted molar refractivity (Wildman–Crippen MR) is 146 cm³/mol. The Balaban J connectivity index is 1.30. The summed E-state index contributed by atoms with van der Waals surface area (Å²) in [6, 6.07) is 8.83. The predicted octanol–water partition coefficient (Wildman–Crippen LogP) is 4.67. The van der Waals surface area contributed by atoms with Crippen LogP contribution >= 0.6 is 0 Å². The van der Waals surface area contributed by atoms with Crippen molar-refractivity contribution in [2.45, 2.75) is 70.2 Å². The van der Waals surface area contributed by atoms with Gasteiger partial charge in [-0.2, -0.15) is 5.10 Å². The molecule has 2 aliphatic heterocycles. The third-order valence-electron chi connectivity index (χ3n) is 7.69. The zero-order chi connectivity index (χ0) is 27.5. The van der Waals surface area contributed by atoms with Crippen LogP contribution in [0, 0.1) is 0 Å². The lowest BCUT2D eigenvalue weighted by Crippen LogP contribution is -2.48. The number of rotatable bonds is 3. The van der Waals surface area contributed by atoms with Crippen molar-refractivity contribution in [1.82, 2.24) is 29.4 Å². The number of phenols is 1. The minimum atomic E-state index is -0.539. The average molecular weight is 529 g/mol. The van der Waals surface area contributed by atoms with Crippen LogP contribution in [0.4, 0.5) is 4.79 Å². The Morgan fingerprint density at radius 1 is 1.03 bits per heavy atom. The van der Waals surface area contributed by atoms with Gasteiger partial charge >= 0.3 is 6.09 Å². The van der Waals surface area contributed by atoms with Gasteiger partial charge in [-0.05, 0) is 70.2 Å². The summed E-state index contributed by atoms with van der Waals surface area (Å²) < 4.78 is 9.40. The first-order valence-corrected chi connectivity index (χ1v) is 13.3. The van der Waals surface area contributed by atoms with Gasteiger partial charge < -0.3 is 19.3 Å². The maximum atomic E-state index is 12.9. The lowest BCUT2D eigenvalue weighted by Gasteiger charge is -2.40. The van der Waals surface area contributed by atoms with Crippen molar-refractivity contribution in [2.24, 2.45) is 7.05 Å². The van der Waals surface area contributed by atoms with Crippen LogP contribution in [0.1, 0.15) is 52.5 Å². The van der Waals surface area contributed by atoms with Crippen molar-refractivity contribution in [2.75, 3.05) is 0 Å². The summed E-state index contributed by atoms with van der Waals surface area (Å²) in [4.78, 5) is 27.7. The molecule has 202 valence electrons. The van der Waals surface area contributed by atoms with Gasteiger partial charge in [0.05, 0.1) is 17.3 Å². The number of phenolic OH excluding ortho intramolecular Hbond substituents is 1. The molecule has 2 atom stereocenters. The van der Waals surface area contributed by atoms with E-state index in [0.29, 0.717) is 22.3 Å². The average Bonchev–Trinajstić information content (AvgIpc) is 3.43. The quantitative estimate of drug-likeness (QED) is 0.411. The number of hydrogen-bond acceptors (Lipinski definition) is 7. The molecule has 1 N–H and O–H groups in total.